The van der Waals surface area contributed by atoms with Crippen molar-refractivity contribution in [1.29, 1.82) is 0 Å². The highest BCUT2D eigenvalue weighted by atomic mass is 16.7. The van der Waals surface area contributed by atoms with E-state index in [1.165, 1.54) is 77.0 Å². The van der Waals surface area contributed by atoms with Crippen molar-refractivity contribution in [3.05, 3.63) is 48.6 Å². The van der Waals surface area contributed by atoms with E-state index in [-0.39, 0.29) is 18.9 Å². The number of allylic oxidation sites excluding steroid dienone is 7. The standard InChI is InChI=1S/C50H89NO13/c1-3-5-7-9-11-13-15-17-19-20-21-23-25-27-29-31-33-39(54)38(51-42(55)34-32-30-28-26-24-22-18-16-14-12-10-8-6-4-2)37-61-49-47(60)45(58)48(41(36-53)63-49)64-50-46(59)44(57)43(56)40(35-52)62-50/h10,12,16,18,23,25,31,33,38-41,43-50,52-54,56-60H,3-9,11,13-15,17,19-22,24,26-30,32,34-37H2,1-2H3,(H,51,55)/b12-10-,18-16-,25-23+,33-31+. The third-order valence-electron chi connectivity index (χ3n) is 12.0. The Bertz CT molecular complexity index is 1260. The van der Waals surface area contributed by atoms with Gasteiger partial charge < -0.3 is 65.1 Å². The lowest BCUT2D eigenvalue weighted by atomic mass is 9.97. The van der Waals surface area contributed by atoms with E-state index in [0.29, 0.717) is 12.8 Å². The molecule has 12 unspecified atom stereocenters. The fraction of sp³-hybridized carbons (Fsp3) is 0.820. The van der Waals surface area contributed by atoms with Gasteiger partial charge >= 0.3 is 0 Å². The Morgan fingerprint density at radius 3 is 1.67 bits per heavy atom. The van der Waals surface area contributed by atoms with Gasteiger partial charge in [-0.1, -0.05) is 152 Å². The second-order valence-corrected chi connectivity index (χ2v) is 17.6. The number of unbranched alkanes of at least 4 members (excludes halogenated alkanes) is 18. The van der Waals surface area contributed by atoms with E-state index in [4.69, 9.17) is 18.9 Å². The zero-order chi connectivity index (χ0) is 46.8. The van der Waals surface area contributed by atoms with Gasteiger partial charge in [0.05, 0.1) is 32.0 Å². The maximum atomic E-state index is 13.1. The molecule has 14 nitrogen and oxygen atoms in total. The molecule has 1 amide bonds. The molecule has 0 bridgehead atoms. The summed E-state index contributed by atoms with van der Waals surface area (Å²) in [5.74, 6) is -0.266. The van der Waals surface area contributed by atoms with E-state index >= 15 is 0 Å². The van der Waals surface area contributed by atoms with Gasteiger partial charge in [-0.2, -0.15) is 0 Å². The largest absolute Gasteiger partial charge is 0.394 e. The molecule has 64 heavy (non-hydrogen) atoms. The molecule has 0 spiro atoms. The molecule has 2 aliphatic rings. The van der Waals surface area contributed by atoms with Crippen LogP contribution in [-0.4, -0.2) is 140 Å². The van der Waals surface area contributed by atoms with Crippen LogP contribution in [-0.2, 0) is 23.7 Å². The molecular formula is C50H89NO13. The summed E-state index contributed by atoms with van der Waals surface area (Å²) in [4.78, 5) is 13.1. The first kappa shape index (κ1) is 58.1. The van der Waals surface area contributed by atoms with Crippen LogP contribution >= 0.6 is 0 Å². The summed E-state index contributed by atoms with van der Waals surface area (Å²) in [7, 11) is 0. The van der Waals surface area contributed by atoms with Gasteiger partial charge in [0, 0.05) is 6.42 Å². The lowest BCUT2D eigenvalue weighted by Crippen LogP contribution is -2.65. The summed E-state index contributed by atoms with van der Waals surface area (Å²) in [5, 5.41) is 86.6. The van der Waals surface area contributed by atoms with Crippen LogP contribution in [0.25, 0.3) is 0 Å². The maximum Gasteiger partial charge on any atom is 0.220 e. The lowest BCUT2D eigenvalue weighted by molar-refractivity contribution is -0.359. The Balaban J connectivity index is 1.89. The third-order valence-corrected chi connectivity index (χ3v) is 12.0. The predicted octanol–water partition coefficient (Wildman–Crippen LogP) is 6.10. The normalized spacial score (nSPS) is 27.7. The van der Waals surface area contributed by atoms with Gasteiger partial charge in [0.1, 0.15) is 48.8 Å². The molecule has 2 aliphatic heterocycles. The van der Waals surface area contributed by atoms with Crippen LogP contribution in [0.5, 0.6) is 0 Å². The Morgan fingerprint density at radius 2 is 1.06 bits per heavy atom. The minimum absolute atomic E-state index is 0.256. The molecule has 0 radical (unpaired) electrons. The molecule has 0 saturated carbocycles. The molecule has 0 aliphatic carbocycles. The molecule has 2 heterocycles. The van der Waals surface area contributed by atoms with Crippen molar-refractivity contribution in [2.75, 3.05) is 19.8 Å². The molecule has 2 saturated heterocycles. The highest BCUT2D eigenvalue weighted by Crippen LogP contribution is 2.30. The number of ether oxygens (including phenoxy) is 4. The second kappa shape index (κ2) is 37.0. The number of nitrogens with one attached hydrogen (secondary N) is 1. The van der Waals surface area contributed by atoms with Crippen molar-refractivity contribution in [3.63, 3.8) is 0 Å². The van der Waals surface area contributed by atoms with E-state index in [2.05, 4.69) is 55.6 Å². The molecule has 0 aromatic heterocycles. The number of carbonyl (C=O) groups is 1. The molecule has 14 heteroatoms. The van der Waals surface area contributed by atoms with Crippen molar-refractivity contribution < 1.29 is 64.6 Å². The van der Waals surface area contributed by atoms with E-state index in [1.807, 2.05) is 6.08 Å². The van der Waals surface area contributed by atoms with Crippen LogP contribution < -0.4 is 5.32 Å². The summed E-state index contributed by atoms with van der Waals surface area (Å²) in [6.07, 6.45) is 25.8. The van der Waals surface area contributed by atoms with Crippen molar-refractivity contribution in [1.82, 2.24) is 5.32 Å². The lowest BCUT2D eigenvalue weighted by Gasteiger charge is -2.46. The summed E-state index contributed by atoms with van der Waals surface area (Å²) >= 11 is 0. The highest BCUT2D eigenvalue weighted by Gasteiger charge is 2.51. The number of rotatable bonds is 37. The van der Waals surface area contributed by atoms with Crippen LogP contribution in [0.1, 0.15) is 168 Å². The second-order valence-electron chi connectivity index (χ2n) is 17.6. The van der Waals surface area contributed by atoms with Crippen molar-refractivity contribution in [3.8, 4) is 0 Å². The summed E-state index contributed by atoms with van der Waals surface area (Å²) in [5.41, 5.74) is 0. The quantitative estimate of drug-likeness (QED) is 0.0254. The topological polar surface area (TPSA) is 228 Å². The Hall–Kier alpha value is -2.05. The monoisotopic (exact) mass is 912 g/mol. The SMILES string of the molecule is CCCC/C=C\C/C=C\CCCCCCCC(=O)NC(COC1OC(CO)C(OC2OC(CO)C(O)C(O)C2O)C(O)C1O)C(O)/C=C/CC/C=C/CCCCCCCCCCCC. The molecule has 12 atom stereocenters. The first-order valence-corrected chi connectivity index (χ1v) is 24.9. The zero-order valence-electron chi connectivity index (χ0n) is 39.3. The summed E-state index contributed by atoms with van der Waals surface area (Å²) in [6.45, 7) is 2.69. The minimum atomic E-state index is -1.79. The van der Waals surface area contributed by atoms with Crippen LogP contribution in [0.2, 0.25) is 0 Å². The summed E-state index contributed by atoms with van der Waals surface area (Å²) < 4.78 is 22.6. The average Bonchev–Trinajstić information content (AvgIpc) is 3.29. The molecular weight excluding hydrogens is 823 g/mol. The van der Waals surface area contributed by atoms with Crippen LogP contribution in [0, 0.1) is 0 Å². The van der Waals surface area contributed by atoms with Gasteiger partial charge in [-0.05, 0) is 57.8 Å². The number of carbonyl (C=O) groups excluding carboxylic acids is 1. The number of hydrogen-bond acceptors (Lipinski definition) is 13. The first-order chi connectivity index (χ1) is 31.1. The average molecular weight is 912 g/mol. The molecule has 0 aromatic rings. The fourth-order valence-electron chi connectivity index (χ4n) is 7.85. The first-order valence-electron chi connectivity index (χ1n) is 24.9. The minimum Gasteiger partial charge on any atom is -0.394 e. The molecule has 9 N–H and O–H groups in total. The van der Waals surface area contributed by atoms with Gasteiger partial charge in [0.15, 0.2) is 12.6 Å². The van der Waals surface area contributed by atoms with E-state index < -0.39 is 86.8 Å². The third kappa shape index (κ3) is 24.1. The Labute approximate surface area is 384 Å². The molecule has 0 aromatic carbocycles. The Kier molecular flexibility index (Phi) is 33.6. The molecule has 372 valence electrons. The van der Waals surface area contributed by atoms with Crippen LogP contribution in [0.15, 0.2) is 48.6 Å². The predicted molar refractivity (Wildman–Crippen MR) is 249 cm³/mol. The zero-order valence-corrected chi connectivity index (χ0v) is 39.3. The van der Waals surface area contributed by atoms with Gasteiger partial charge in [-0.15, -0.1) is 0 Å². The van der Waals surface area contributed by atoms with Gasteiger partial charge in [-0.3, -0.25) is 4.79 Å². The smallest absolute Gasteiger partial charge is 0.220 e. The number of aliphatic hydroxyl groups is 8. The summed E-state index contributed by atoms with van der Waals surface area (Å²) in [6, 6.07) is -0.937. The molecule has 2 fully saturated rings. The fourth-order valence-corrected chi connectivity index (χ4v) is 7.85. The van der Waals surface area contributed by atoms with Crippen LogP contribution in [0.4, 0.5) is 0 Å². The van der Waals surface area contributed by atoms with Gasteiger partial charge in [0.2, 0.25) is 5.91 Å². The van der Waals surface area contributed by atoms with E-state index in [9.17, 15) is 45.6 Å². The van der Waals surface area contributed by atoms with Gasteiger partial charge in [0.25, 0.3) is 0 Å². The van der Waals surface area contributed by atoms with Crippen LogP contribution in [0.3, 0.4) is 0 Å². The van der Waals surface area contributed by atoms with Crippen molar-refractivity contribution in [2.45, 2.75) is 242 Å². The maximum absolute atomic E-state index is 13.1. The number of hydrogen-bond donors (Lipinski definition) is 9. The Morgan fingerprint density at radius 1 is 0.562 bits per heavy atom. The van der Waals surface area contributed by atoms with E-state index in [1.54, 1.807) is 6.08 Å². The van der Waals surface area contributed by atoms with E-state index in [0.717, 1.165) is 57.8 Å². The van der Waals surface area contributed by atoms with Crippen molar-refractivity contribution >= 4 is 5.91 Å². The highest BCUT2D eigenvalue weighted by molar-refractivity contribution is 5.76. The van der Waals surface area contributed by atoms with Crippen molar-refractivity contribution in [2.24, 2.45) is 0 Å². The van der Waals surface area contributed by atoms with Gasteiger partial charge in [-0.25, -0.2) is 0 Å². The molecule has 2 rings (SSSR count). The number of aliphatic hydroxyl groups excluding tert-OH is 8. The number of amides is 1.